The molecule has 12 nitrogen and oxygen atoms in total. The quantitative estimate of drug-likeness (QED) is 0.401. The first-order chi connectivity index (χ1) is 19.3. The zero-order valence-electron chi connectivity index (χ0n) is 22.7. The van der Waals surface area contributed by atoms with E-state index in [0.29, 0.717) is 28.4 Å². The van der Waals surface area contributed by atoms with Crippen molar-refractivity contribution in [1.82, 2.24) is 35.0 Å². The van der Waals surface area contributed by atoms with Crippen LogP contribution in [0.25, 0.3) is 10.9 Å². The highest BCUT2D eigenvalue weighted by molar-refractivity contribution is 5.83. The van der Waals surface area contributed by atoms with Gasteiger partial charge in [-0.15, -0.1) is 5.10 Å². The molecule has 3 aliphatic rings. The van der Waals surface area contributed by atoms with E-state index in [1.807, 2.05) is 28.9 Å². The van der Waals surface area contributed by atoms with Crippen LogP contribution in [0.4, 0.5) is 0 Å². The van der Waals surface area contributed by atoms with Crippen molar-refractivity contribution in [2.75, 3.05) is 39.8 Å². The zero-order chi connectivity index (χ0) is 27.4. The smallest absolute Gasteiger partial charge is 0.253 e. The van der Waals surface area contributed by atoms with E-state index in [0.717, 1.165) is 49.6 Å². The Morgan fingerprint density at radius 2 is 1.60 bits per heavy atom. The van der Waals surface area contributed by atoms with E-state index in [9.17, 15) is 4.79 Å². The molecule has 0 bridgehead atoms. The Bertz CT molecular complexity index is 1630. The number of rotatable bonds is 5. The van der Waals surface area contributed by atoms with Gasteiger partial charge >= 0.3 is 0 Å². The van der Waals surface area contributed by atoms with Crippen LogP contribution >= 0.6 is 0 Å². The molecule has 0 amide bonds. The van der Waals surface area contributed by atoms with Crippen LogP contribution in [0.15, 0.2) is 41.2 Å². The van der Waals surface area contributed by atoms with Crippen molar-refractivity contribution in [3.05, 3.63) is 63.7 Å². The molecule has 0 unspecified atom stereocenters. The van der Waals surface area contributed by atoms with Crippen LogP contribution in [0.1, 0.15) is 43.8 Å². The number of ether oxygens (including phenoxy) is 4. The number of fused-ring (bicyclic) bond motifs is 3. The first kappa shape index (κ1) is 24.9. The summed E-state index contributed by atoms with van der Waals surface area (Å²) in [4.78, 5) is 21.4. The third-order valence-electron chi connectivity index (χ3n) is 7.65. The van der Waals surface area contributed by atoms with E-state index in [-0.39, 0.29) is 24.7 Å². The minimum Gasteiger partial charge on any atom is -0.454 e. The summed E-state index contributed by atoms with van der Waals surface area (Å²) in [5, 5.41) is 13.7. The molecule has 0 spiro atoms. The van der Waals surface area contributed by atoms with E-state index in [2.05, 4.69) is 63.2 Å². The van der Waals surface area contributed by atoms with Crippen LogP contribution in [-0.2, 0) is 12.1 Å². The number of piperazine rings is 1. The largest absolute Gasteiger partial charge is 0.454 e. The lowest BCUT2D eigenvalue weighted by atomic mass is 10.0. The highest BCUT2D eigenvalue weighted by Crippen LogP contribution is 2.37. The molecule has 208 valence electrons. The highest BCUT2D eigenvalue weighted by Gasteiger charge is 2.35. The average molecular weight is 546 g/mol. The molecule has 1 atom stereocenters. The molecule has 1 fully saturated rings. The fourth-order valence-corrected chi connectivity index (χ4v) is 5.63. The van der Waals surface area contributed by atoms with E-state index in [4.69, 9.17) is 18.9 Å². The second-order valence-electron chi connectivity index (χ2n) is 11.4. The molecule has 4 aromatic rings. The van der Waals surface area contributed by atoms with Gasteiger partial charge in [0.05, 0.1) is 11.1 Å². The van der Waals surface area contributed by atoms with Gasteiger partial charge in [-0.3, -0.25) is 14.6 Å². The Morgan fingerprint density at radius 1 is 0.900 bits per heavy atom. The van der Waals surface area contributed by atoms with Crippen LogP contribution in [0.2, 0.25) is 0 Å². The summed E-state index contributed by atoms with van der Waals surface area (Å²) < 4.78 is 23.9. The van der Waals surface area contributed by atoms with E-state index >= 15 is 0 Å². The molecule has 1 N–H and O–H groups in total. The zero-order valence-corrected chi connectivity index (χ0v) is 22.7. The second-order valence-corrected chi connectivity index (χ2v) is 11.4. The number of pyridine rings is 1. The van der Waals surface area contributed by atoms with Gasteiger partial charge in [0.15, 0.2) is 28.8 Å². The van der Waals surface area contributed by atoms with Gasteiger partial charge in [0.25, 0.3) is 5.56 Å². The fraction of sp³-hybridized carbons (Fsp3) is 0.429. The number of H-pyrrole nitrogens is 1. The Balaban J connectivity index is 1.21. The van der Waals surface area contributed by atoms with Crippen molar-refractivity contribution in [3.63, 3.8) is 0 Å². The average Bonchev–Trinajstić information content (AvgIpc) is 3.69. The first-order valence-corrected chi connectivity index (χ1v) is 13.4. The molecule has 2 aromatic heterocycles. The molecule has 0 radical (unpaired) electrons. The number of benzene rings is 2. The van der Waals surface area contributed by atoms with Crippen molar-refractivity contribution in [3.8, 4) is 23.0 Å². The monoisotopic (exact) mass is 545 g/mol. The van der Waals surface area contributed by atoms with Crippen LogP contribution in [-0.4, -0.2) is 74.8 Å². The Morgan fingerprint density at radius 3 is 2.35 bits per heavy atom. The molecule has 5 heterocycles. The van der Waals surface area contributed by atoms with Crippen LogP contribution in [0.5, 0.6) is 23.0 Å². The van der Waals surface area contributed by atoms with Crippen LogP contribution in [0.3, 0.4) is 0 Å². The summed E-state index contributed by atoms with van der Waals surface area (Å²) in [7, 11) is 0. The number of hydrogen-bond acceptors (Lipinski definition) is 10. The molecule has 12 heteroatoms. The van der Waals surface area contributed by atoms with Gasteiger partial charge in [0, 0.05) is 49.7 Å². The van der Waals surface area contributed by atoms with Crippen LogP contribution in [0, 0.1) is 0 Å². The fourth-order valence-electron chi connectivity index (χ4n) is 5.63. The number of hydrogen-bond donors (Lipinski definition) is 1. The van der Waals surface area contributed by atoms with Crippen molar-refractivity contribution >= 4 is 10.9 Å². The summed E-state index contributed by atoms with van der Waals surface area (Å²) in [6.07, 6.45) is 0. The molecule has 1 saturated heterocycles. The van der Waals surface area contributed by atoms with E-state index in [1.165, 1.54) is 5.56 Å². The lowest BCUT2D eigenvalue weighted by Gasteiger charge is -2.39. The lowest BCUT2D eigenvalue weighted by Crippen LogP contribution is -2.49. The number of nitrogens with zero attached hydrogens (tertiary/aromatic N) is 6. The summed E-state index contributed by atoms with van der Waals surface area (Å²) in [5.41, 5.74) is 1.92. The van der Waals surface area contributed by atoms with Gasteiger partial charge in [-0.1, -0.05) is 6.07 Å². The normalized spacial score (nSPS) is 18.0. The topological polar surface area (TPSA) is 120 Å². The van der Waals surface area contributed by atoms with Crippen molar-refractivity contribution in [1.29, 1.82) is 0 Å². The minimum atomic E-state index is -0.430. The molecule has 40 heavy (non-hydrogen) atoms. The lowest BCUT2D eigenvalue weighted by molar-refractivity contribution is 0.0975. The summed E-state index contributed by atoms with van der Waals surface area (Å²) in [6, 6.07) is 11.3. The maximum Gasteiger partial charge on any atom is 0.253 e. The van der Waals surface area contributed by atoms with Crippen molar-refractivity contribution < 1.29 is 18.9 Å². The molecule has 7 rings (SSSR count). The van der Waals surface area contributed by atoms with Gasteiger partial charge in [-0.2, -0.15) is 0 Å². The third kappa shape index (κ3) is 4.42. The van der Waals surface area contributed by atoms with Gasteiger partial charge in [0.2, 0.25) is 13.6 Å². The molecule has 0 saturated carbocycles. The van der Waals surface area contributed by atoms with Gasteiger partial charge in [-0.25, -0.2) is 4.68 Å². The summed E-state index contributed by atoms with van der Waals surface area (Å²) in [5.74, 6) is 3.52. The van der Waals surface area contributed by atoms with Crippen molar-refractivity contribution in [2.45, 2.75) is 38.9 Å². The van der Waals surface area contributed by atoms with Gasteiger partial charge in [0.1, 0.15) is 6.04 Å². The second kappa shape index (κ2) is 9.49. The van der Waals surface area contributed by atoms with Crippen molar-refractivity contribution in [2.24, 2.45) is 0 Å². The molecule has 3 aliphatic heterocycles. The van der Waals surface area contributed by atoms with Gasteiger partial charge in [-0.05, 0) is 61.0 Å². The van der Waals surface area contributed by atoms with E-state index in [1.54, 1.807) is 0 Å². The predicted molar refractivity (Wildman–Crippen MR) is 145 cm³/mol. The number of aromatic nitrogens is 5. The predicted octanol–water partition coefficient (Wildman–Crippen LogP) is 2.63. The maximum absolute atomic E-state index is 13.6. The third-order valence-corrected chi connectivity index (χ3v) is 7.65. The summed E-state index contributed by atoms with van der Waals surface area (Å²) in [6.45, 7) is 10.5. The number of nitrogens with one attached hydrogen (secondary N) is 1. The minimum absolute atomic E-state index is 0.169. The Labute approximate surface area is 230 Å². The standard InChI is InChI=1S/C28H31N7O5/c1-28(2,3)35-26(30-31-32-35)25(19-11-18-12-23-24(40-16-39-23)13-20(18)29-27(19)36)34-8-6-33(7-9-34)14-17-4-5-21-22(10-17)38-15-37-21/h4-5,10-13,25H,6-9,14-16H2,1-3H3,(H,29,36)/t25-/m0/s1. The summed E-state index contributed by atoms with van der Waals surface area (Å²) >= 11 is 0. The highest BCUT2D eigenvalue weighted by atomic mass is 16.7. The number of aromatic amines is 1. The van der Waals surface area contributed by atoms with Crippen LogP contribution < -0.4 is 24.5 Å². The Hall–Kier alpha value is -4.16. The number of tetrazole rings is 1. The maximum atomic E-state index is 13.6. The molecule has 2 aromatic carbocycles. The molecular weight excluding hydrogens is 514 g/mol. The Kier molecular flexibility index (Phi) is 5.90. The molecule has 0 aliphatic carbocycles. The van der Waals surface area contributed by atoms with E-state index < -0.39 is 6.04 Å². The first-order valence-electron chi connectivity index (χ1n) is 13.4. The molecular formula is C28H31N7O5. The SMILES string of the molecule is CC(C)(C)n1nnnc1[C@H](c1cc2cc3c(cc2[nH]c1=O)OCO3)N1CCN(Cc2ccc3c(c2)OCO3)CC1. The van der Waals surface area contributed by atoms with Gasteiger partial charge < -0.3 is 23.9 Å².